The Kier molecular flexibility index (Phi) is 4.44. The molecule has 2 aliphatic carbocycles. The zero-order valence-electron chi connectivity index (χ0n) is 13.2. The summed E-state index contributed by atoms with van der Waals surface area (Å²) in [5.74, 6) is 1.85. The molecule has 0 atom stereocenters. The fourth-order valence-electron chi connectivity index (χ4n) is 4.99. The summed E-state index contributed by atoms with van der Waals surface area (Å²) in [6, 6.07) is 0. The van der Waals surface area contributed by atoms with Crippen LogP contribution in [0.5, 0.6) is 0 Å². The summed E-state index contributed by atoms with van der Waals surface area (Å²) in [7, 11) is 0. The molecule has 18 heavy (non-hydrogen) atoms. The third kappa shape index (κ3) is 2.37. The van der Waals surface area contributed by atoms with Crippen LogP contribution in [0, 0.1) is 22.7 Å². The predicted octanol–water partition coefficient (Wildman–Crippen LogP) is 6.20. The molecule has 0 aromatic carbocycles. The highest BCUT2D eigenvalue weighted by atomic mass is 14.6. The minimum atomic E-state index is 0.523. The quantitative estimate of drug-likeness (QED) is 0.559. The maximum absolute atomic E-state index is 2.58. The fraction of sp³-hybridized carbons (Fsp3) is 1.00. The molecule has 0 spiro atoms. The molecule has 2 saturated carbocycles. The Morgan fingerprint density at radius 2 is 1.33 bits per heavy atom. The topological polar surface area (TPSA) is 0 Å². The molecule has 0 radical (unpaired) electrons. The van der Waals surface area contributed by atoms with Gasteiger partial charge in [0.2, 0.25) is 0 Å². The largest absolute Gasteiger partial charge is 0.0622 e. The summed E-state index contributed by atoms with van der Waals surface area (Å²) < 4.78 is 0. The van der Waals surface area contributed by atoms with Crippen LogP contribution in [0.15, 0.2) is 0 Å². The fourth-order valence-corrected chi connectivity index (χ4v) is 4.99. The molecule has 2 rings (SSSR count). The van der Waals surface area contributed by atoms with E-state index in [-0.39, 0.29) is 0 Å². The van der Waals surface area contributed by atoms with Crippen LogP contribution in [0.3, 0.4) is 0 Å². The van der Waals surface area contributed by atoms with E-state index in [1.165, 1.54) is 64.2 Å². The summed E-state index contributed by atoms with van der Waals surface area (Å²) in [5, 5.41) is 0. The standard InChI is InChI=1S/C18H34/c1-15(2)17(3,4)18(13-9-6-10-14-18)16-11-7-5-8-12-16/h15-16H,5-14H2,1-4H3. The lowest BCUT2D eigenvalue weighted by atomic mass is 9.48. The Balaban J connectivity index is 2.26. The van der Waals surface area contributed by atoms with E-state index in [9.17, 15) is 0 Å². The zero-order chi connectivity index (χ0) is 13.2. The highest BCUT2D eigenvalue weighted by Gasteiger charge is 2.51. The van der Waals surface area contributed by atoms with E-state index >= 15 is 0 Å². The van der Waals surface area contributed by atoms with Crippen LogP contribution in [0.4, 0.5) is 0 Å². The summed E-state index contributed by atoms with van der Waals surface area (Å²) in [4.78, 5) is 0. The highest BCUT2D eigenvalue weighted by molar-refractivity contribution is 5.00. The van der Waals surface area contributed by atoms with Crippen molar-refractivity contribution in [1.82, 2.24) is 0 Å². The summed E-state index contributed by atoms with van der Waals surface area (Å²) in [5.41, 5.74) is 1.19. The Morgan fingerprint density at radius 3 is 1.83 bits per heavy atom. The molecule has 0 saturated heterocycles. The van der Waals surface area contributed by atoms with Crippen LogP contribution >= 0.6 is 0 Å². The average Bonchev–Trinajstić information content (AvgIpc) is 2.40. The van der Waals surface area contributed by atoms with Crippen molar-refractivity contribution in [2.24, 2.45) is 22.7 Å². The lowest BCUT2D eigenvalue weighted by molar-refractivity contribution is -0.0747. The first-order valence-corrected chi connectivity index (χ1v) is 8.51. The van der Waals surface area contributed by atoms with E-state index in [0.29, 0.717) is 10.8 Å². The third-order valence-corrected chi connectivity index (χ3v) is 6.86. The second-order valence-corrected chi connectivity index (χ2v) is 7.93. The van der Waals surface area contributed by atoms with E-state index in [1.807, 2.05) is 0 Å². The Morgan fingerprint density at radius 1 is 0.833 bits per heavy atom. The van der Waals surface area contributed by atoms with Crippen molar-refractivity contribution in [3.8, 4) is 0 Å². The van der Waals surface area contributed by atoms with Crippen molar-refractivity contribution in [2.75, 3.05) is 0 Å². The van der Waals surface area contributed by atoms with Crippen LogP contribution < -0.4 is 0 Å². The minimum absolute atomic E-state index is 0.523. The summed E-state index contributed by atoms with van der Waals surface area (Å²) in [6.07, 6.45) is 15.1. The zero-order valence-corrected chi connectivity index (χ0v) is 13.2. The first kappa shape index (κ1) is 14.4. The molecule has 2 aliphatic rings. The molecule has 106 valence electrons. The third-order valence-electron chi connectivity index (χ3n) is 6.86. The monoisotopic (exact) mass is 250 g/mol. The Labute approximate surface area is 115 Å². The molecule has 0 aromatic rings. The van der Waals surface area contributed by atoms with Crippen molar-refractivity contribution >= 4 is 0 Å². The maximum Gasteiger partial charge on any atom is -0.0215 e. The van der Waals surface area contributed by atoms with Crippen LogP contribution in [-0.2, 0) is 0 Å². The molecule has 0 nitrogen and oxygen atoms in total. The van der Waals surface area contributed by atoms with Crippen LogP contribution in [0.25, 0.3) is 0 Å². The smallest absolute Gasteiger partial charge is 0.0215 e. The van der Waals surface area contributed by atoms with E-state index in [0.717, 1.165) is 11.8 Å². The van der Waals surface area contributed by atoms with Gasteiger partial charge in [-0.1, -0.05) is 66.2 Å². The molecular weight excluding hydrogens is 216 g/mol. The minimum Gasteiger partial charge on any atom is -0.0622 e. The number of hydrogen-bond donors (Lipinski definition) is 0. The Bertz CT molecular complexity index is 249. The van der Waals surface area contributed by atoms with Gasteiger partial charge in [-0.15, -0.1) is 0 Å². The molecule has 0 N–H and O–H groups in total. The van der Waals surface area contributed by atoms with Gasteiger partial charge < -0.3 is 0 Å². The second kappa shape index (κ2) is 5.55. The van der Waals surface area contributed by atoms with Crippen LogP contribution in [-0.4, -0.2) is 0 Å². The molecular formula is C18H34. The van der Waals surface area contributed by atoms with Crippen molar-refractivity contribution in [3.63, 3.8) is 0 Å². The van der Waals surface area contributed by atoms with Crippen molar-refractivity contribution < 1.29 is 0 Å². The first-order chi connectivity index (χ1) is 8.51. The van der Waals surface area contributed by atoms with Crippen LogP contribution in [0.1, 0.15) is 91.9 Å². The van der Waals surface area contributed by atoms with E-state index < -0.39 is 0 Å². The van der Waals surface area contributed by atoms with E-state index in [1.54, 1.807) is 0 Å². The van der Waals surface area contributed by atoms with Gasteiger partial charge in [0.05, 0.1) is 0 Å². The lowest BCUT2D eigenvalue weighted by Crippen LogP contribution is -2.48. The van der Waals surface area contributed by atoms with Crippen molar-refractivity contribution in [1.29, 1.82) is 0 Å². The van der Waals surface area contributed by atoms with Gasteiger partial charge in [0.15, 0.2) is 0 Å². The van der Waals surface area contributed by atoms with E-state index in [2.05, 4.69) is 27.7 Å². The lowest BCUT2D eigenvalue weighted by Gasteiger charge is -2.57. The molecule has 0 heterocycles. The average molecular weight is 250 g/mol. The van der Waals surface area contributed by atoms with Gasteiger partial charge >= 0.3 is 0 Å². The van der Waals surface area contributed by atoms with Gasteiger partial charge in [-0.25, -0.2) is 0 Å². The summed E-state index contributed by atoms with van der Waals surface area (Å²) in [6.45, 7) is 10.1. The van der Waals surface area contributed by atoms with Crippen molar-refractivity contribution in [2.45, 2.75) is 91.9 Å². The van der Waals surface area contributed by atoms with Gasteiger partial charge in [0, 0.05) is 0 Å². The molecule has 0 amide bonds. The number of hydrogen-bond acceptors (Lipinski definition) is 0. The summed E-state index contributed by atoms with van der Waals surface area (Å²) >= 11 is 0. The molecule has 2 fully saturated rings. The SMILES string of the molecule is CC(C)C(C)(C)C1(C2CCCCC2)CCCCC1. The Hall–Kier alpha value is 0. The molecule has 0 bridgehead atoms. The van der Waals surface area contributed by atoms with Gasteiger partial charge in [-0.3, -0.25) is 0 Å². The molecule has 0 aromatic heterocycles. The van der Waals surface area contributed by atoms with Gasteiger partial charge in [-0.05, 0) is 48.3 Å². The number of rotatable bonds is 3. The predicted molar refractivity (Wildman–Crippen MR) is 80.7 cm³/mol. The van der Waals surface area contributed by atoms with Gasteiger partial charge in [0.25, 0.3) is 0 Å². The maximum atomic E-state index is 2.58. The van der Waals surface area contributed by atoms with Gasteiger partial charge in [0.1, 0.15) is 0 Å². The van der Waals surface area contributed by atoms with Gasteiger partial charge in [-0.2, -0.15) is 0 Å². The highest BCUT2D eigenvalue weighted by Crippen LogP contribution is 2.60. The van der Waals surface area contributed by atoms with Crippen molar-refractivity contribution in [3.05, 3.63) is 0 Å². The van der Waals surface area contributed by atoms with Crippen LogP contribution in [0.2, 0.25) is 0 Å². The molecule has 0 unspecified atom stereocenters. The second-order valence-electron chi connectivity index (χ2n) is 7.93. The molecule has 0 heteroatoms. The van der Waals surface area contributed by atoms with E-state index in [4.69, 9.17) is 0 Å². The molecule has 0 aliphatic heterocycles. The normalized spacial score (nSPS) is 26.5. The first-order valence-electron chi connectivity index (χ1n) is 8.51.